The van der Waals surface area contributed by atoms with Gasteiger partial charge in [0.05, 0.1) is 34.9 Å². The quantitative estimate of drug-likeness (QED) is 0.124. The Morgan fingerprint density at radius 3 is 1.07 bits per heavy atom. The Labute approximate surface area is 345 Å². The standard InChI is InChI=1S/3C12H11N3.C9H6O6/c3*1-10(9-13)15-8-7-14-12(15)11-5-3-2-4-6-11;10-7(11)4-1-2-5(8(12)13)6(3-4)9(14)15/h3*2-8,10H,1H3;1-3H,(H,10,11)(H,12,13)(H,14,15). The fraction of sp³-hybridized carbons (Fsp3) is 0.133. The molecule has 3 heterocycles. The number of imidazole rings is 3. The summed E-state index contributed by atoms with van der Waals surface area (Å²) in [5, 5.41) is 52.5. The van der Waals surface area contributed by atoms with Gasteiger partial charge in [0.1, 0.15) is 35.6 Å². The van der Waals surface area contributed by atoms with Crippen LogP contribution in [0.25, 0.3) is 34.2 Å². The Balaban J connectivity index is 0.000000176. The summed E-state index contributed by atoms with van der Waals surface area (Å²) in [4.78, 5) is 44.6. The van der Waals surface area contributed by atoms with E-state index < -0.39 is 29.0 Å². The molecule has 7 aromatic rings. The Morgan fingerprint density at radius 1 is 0.483 bits per heavy atom. The molecule has 3 atom stereocenters. The lowest BCUT2D eigenvalue weighted by atomic mass is 10.0. The lowest BCUT2D eigenvalue weighted by Gasteiger charge is -2.08. The second-order valence-corrected chi connectivity index (χ2v) is 12.7. The zero-order valence-corrected chi connectivity index (χ0v) is 32.7. The Morgan fingerprint density at radius 2 is 0.800 bits per heavy atom. The molecule has 0 bridgehead atoms. The highest BCUT2D eigenvalue weighted by Gasteiger charge is 2.18. The highest BCUT2D eigenvalue weighted by Crippen LogP contribution is 2.22. The maximum atomic E-state index is 10.6. The van der Waals surface area contributed by atoms with Gasteiger partial charge in [0.25, 0.3) is 0 Å². The van der Waals surface area contributed by atoms with Gasteiger partial charge in [-0.3, -0.25) is 0 Å². The van der Waals surface area contributed by atoms with Crippen LogP contribution in [0.15, 0.2) is 146 Å². The third kappa shape index (κ3) is 11.5. The summed E-state index contributed by atoms with van der Waals surface area (Å²) in [5.41, 5.74) is 1.85. The van der Waals surface area contributed by atoms with E-state index in [1.807, 2.05) is 144 Å². The first kappa shape index (κ1) is 44.1. The van der Waals surface area contributed by atoms with Crippen LogP contribution >= 0.6 is 0 Å². The maximum Gasteiger partial charge on any atom is 0.336 e. The molecule has 0 radical (unpaired) electrons. The molecule has 3 aromatic heterocycles. The van der Waals surface area contributed by atoms with Crippen LogP contribution in [0.4, 0.5) is 0 Å². The van der Waals surface area contributed by atoms with Crippen molar-refractivity contribution in [2.75, 3.05) is 0 Å². The van der Waals surface area contributed by atoms with E-state index in [9.17, 15) is 14.4 Å². The SMILES string of the molecule is CC(C#N)n1ccnc1-c1ccccc1.CC(C#N)n1ccnc1-c1ccccc1.CC(C#N)n1ccnc1-c1ccccc1.O=C(O)c1ccc(C(=O)O)c(C(=O)O)c1. The van der Waals surface area contributed by atoms with Gasteiger partial charge in [-0.05, 0) is 39.0 Å². The normalized spacial score (nSPS) is 11.4. The second-order valence-electron chi connectivity index (χ2n) is 12.7. The molecule has 60 heavy (non-hydrogen) atoms. The molecule has 0 aliphatic heterocycles. The van der Waals surface area contributed by atoms with Crippen molar-refractivity contribution >= 4 is 17.9 Å². The fourth-order valence-electron chi connectivity index (χ4n) is 5.54. The fourth-order valence-corrected chi connectivity index (χ4v) is 5.54. The predicted molar refractivity (Wildman–Crippen MR) is 221 cm³/mol. The topological polar surface area (TPSA) is 237 Å². The van der Waals surface area contributed by atoms with E-state index in [0.717, 1.165) is 52.4 Å². The summed E-state index contributed by atoms with van der Waals surface area (Å²) in [6, 6.07) is 38.4. The Hall–Kier alpha value is -8.61. The van der Waals surface area contributed by atoms with Crippen LogP contribution in [0.2, 0.25) is 0 Å². The number of aromatic carboxylic acids is 3. The van der Waals surface area contributed by atoms with Crippen molar-refractivity contribution < 1.29 is 29.7 Å². The number of nitriles is 3. The van der Waals surface area contributed by atoms with Gasteiger partial charge in [0.2, 0.25) is 0 Å². The van der Waals surface area contributed by atoms with Gasteiger partial charge >= 0.3 is 17.9 Å². The average Bonchev–Trinajstić information content (AvgIpc) is 4.09. The van der Waals surface area contributed by atoms with Crippen LogP contribution in [0.5, 0.6) is 0 Å². The number of hydrogen-bond donors (Lipinski definition) is 3. The molecule has 0 aliphatic rings. The molecule has 0 fully saturated rings. The third-order valence-corrected chi connectivity index (χ3v) is 8.64. The Kier molecular flexibility index (Phi) is 15.9. The first-order valence-corrected chi connectivity index (χ1v) is 18.2. The molecule has 15 nitrogen and oxygen atoms in total. The number of aromatic nitrogens is 6. The number of carbonyl (C=O) groups is 3. The van der Waals surface area contributed by atoms with Crippen LogP contribution < -0.4 is 0 Å². The van der Waals surface area contributed by atoms with Crippen molar-refractivity contribution in [3.05, 3.63) is 163 Å². The minimum absolute atomic E-state index is 0.192. The largest absolute Gasteiger partial charge is 0.478 e. The molecular weight excluding hydrogens is 763 g/mol. The molecule has 0 saturated carbocycles. The zero-order chi connectivity index (χ0) is 43.6. The number of hydrogen-bond acceptors (Lipinski definition) is 9. The lowest BCUT2D eigenvalue weighted by Crippen LogP contribution is -2.10. The average molecular weight is 802 g/mol. The van der Waals surface area contributed by atoms with Gasteiger partial charge in [-0.2, -0.15) is 15.8 Å². The highest BCUT2D eigenvalue weighted by molar-refractivity contribution is 6.03. The van der Waals surface area contributed by atoms with Gasteiger partial charge in [0, 0.05) is 53.9 Å². The first-order valence-electron chi connectivity index (χ1n) is 18.2. The third-order valence-electron chi connectivity index (χ3n) is 8.64. The summed E-state index contributed by atoms with van der Waals surface area (Å²) < 4.78 is 5.61. The van der Waals surface area contributed by atoms with Gasteiger partial charge in [-0.1, -0.05) is 91.0 Å². The van der Waals surface area contributed by atoms with E-state index in [2.05, 4.69) is 33.2 Å². The summed E-state index contributed by atoms with van der Waals surface area (Å²) in [6.07, 6.45) is 10.6. The van der Waals surface area contributed by atoms with E-state index in [-0.39, 0.29) is 23.7 Å². The van der Waals surface area contributed by atoms with E-state index in [1.54, 1.807) is 18.6 Å². The van der Waals surface area contributed by atoms with Gasteiger partial charge < -0.3 is 29.0 Å². The first-order chi connectivity index (χ1) is 28.9. The number of rotatable bonds is 9. The van der Waals surface area contributed by atoms with Crippen molar-refractivity contribution in [1.29, 1.82) is 15.8 Å². The summed E-state index contributed by atoms with van der Waals surface area (Å²) in [6.45, 7) is 5.57. The predicted octanol–water partition coefficient (Wildman–Crippen LogP) is 8.69. The minimum atomic E-state index is -1.48. The monoisotopic (exact) mass is 801 g/mol. The molecule has 0 spiro atoms. The molecule has 3 unspecified atom stereocenters. The summed E-state index contributed by atoms with van der Waals surface area (Å²) in [5.74, 6) is -1.69. The van der Waals surface area contributed by atoms with Crippen molar-refractivity contribution in [1.82, 2.24) is 28.7 Å². The van der Waals surface area contributed by atoms with Crippen LogP contribution in [0.1, 0.15) is 70.0 Å². The van der Waals surface area contributed by atoms with Crippen molar-refractivity contribution in [2.24, 2.45) is 0 Å². The van der Waals surface area contributed by atoms with Crippen molar-refractivity contribution in [3.63, 3.8) is 0 Å². The second kappa shape index (κ2) is 21.6. The molecule has 0 saturated heterocycles. The number of benzene rings is 4. The number of carboxylic acid groups (broad SMARTS) is 3. The Bertz CT molecular complexity index is 2410. The van der Waals surface area contributed by atoms with Crippen LogP contribution in [-0.4, -0.2) is 61.9 Å². The summed E-state index contributed by atoms with van der Waals surface area (Å²) in [7, 11) is 0. The maximum absolute atomic E-state index is 10.6. The van der Waals surface area contributed by atoms with Crippen molar-refractivity contribution in [2.45, 2.75) is 38.9 Å². The van der Waals surface area contributed by atoms with Crippen LogP contribution in [0.3, 0.4) is 0 Å². The van der Waals surface area contributed by atoms with Crippen molar-refractivity contribution in [3.8, 4) is 52.4 Å². The molecule has 4 aromatic carbocycles. The molecule has 0 aliphatic carbocycles. The van der Waals surface area contributed by atoms with E-state index >= 15 is 0 Å². The molecule has 300 valence electrons. The van der Waals surface area contributed by atoms with Gasteiger partial charge in [-0.25, -0.2) is 29.3 Å². The van der Waals surface area contributed by atoms with Gasteiger partial charge in [-0.15, -0.1) is 0 Å². The van der Waals surface area contributed by atoms with Crippen LogP contribution in [0, 0.1) is 34.0 Å². The summed E-state index contributed by atoms with van der Waals surface area (Å²) >= 11 is 0. The number of nitrogens with zero attached hydrogens (tertiary/aromatic N) is 9. The van der Waals surface area contributed by atoms with Crippen LogP contribution in [-0.2, 0) is 0 Å². The lowest BCUT2D eigenvalue weighted by molar-refractivity contribution is 0.0649. The molecule has 3 N–H and O–H groups in total. The zero-order valence-electron chi connectivity index (χ0n) is 32.7. The molecule has 15 heteroatoms. The molecule has 0 amide bonds. The number of carboxylic acids is 3. The van der Waals surface area contributed by atoms with E-state index in [1.165, 1.54) is 0 Å². The molecular formula is C45H39N9O6. The minimum Gasteiger partial charge on any atom is -0.478 e. The smallest absolute Gasteiger partial charge is 0.336 e. The van der Waals surface area contributed by atoms with E-state index in [4.69, 9.17) is 31.1 Å². The van der Waals surface area contributed by atoms with E-state index in [0.29, 0.717) is 0 Å². The van der Waals surface area contributed by atoms with Gasteiger partial charge in [0.15, 0.2) is 0 Å². The molecule has 7 rings (SSSR count). The highest BCUT2D eigenvalue weighted by atomic mass is 16.4.